The van der Waals surface area contributed by atoms with Crippen molar-refractivity contribution in [2.45, 2.75) is 38.8 Å². The lowest BCUT2D eigenvalue weighted by atomic mass is 10.0. The minimum atomic E-state index is -0.00727. The van der Waals surface area contributed by atoms with Crippen LogP contribution >= 0.6 is 0 Å². The summed E-state index contributed by atoms with van der Waals surface area (Å²) in [6, 6.07) is 6.07. The van der Waals surface area contributed by atoms with E-state index in [1.54, 1.807) is 0 Å². The molecule has 2 N–H and O–H groups in total. The van der Waals surface area contributed by atoms with Crippen molar-refractivity contribution < 1.29 is 9.53 Å². The molecule has 19 heavy (non-hydrogen) atoms. The molecule has 1 aromatic rings. The second kappa shape index (κ2) is 6.06. The fourth-order valence-electron chi connectivity index (χ4n) is 2.46. The number of rotatable bonds is 3. The molecule has 0 aliphatic carbocycles. The van der Waals surface area contributed by atoms with Crippen LogP contribution in [0.2, 0.25) is 0 Å². The number of nitrogens with one attached hydrogen (secondary N) is 2. The third-order valence-corrected chi connectivity index (χ3v) is 3.51. The van der Waals surface area contributed by atoms with Gasteiger partial charge in [-0.3, -0.25) is 4.79 Å². The molecule has 0 spiro atoms. The SMILES string of the molecule is CNc1ccc(C)cc1C(=O)NC1CCOC(C)C1. The molecule has 1 aliphatic rings. The normalized spacial score (nSPS) is 22.9. The maximum absolute atomic E-state index is 12.4. The molecular formula is C15H22N2O2. The lowest BCUT2D eigenvalue weighted by molar-refractivity contribution is 0.0137. The third kappa shape index (κ3) is 3.47. The van der Waals surface area contributed by atoms with Gasteiger partial charge >= 0.3 is 0 Å². The highest BCUT2D eigenvalue weighted by Gasteiger charge is 2.22. The quantitative estimate of drug-likeness (QED) is 0.879. The van der Waals surface area contributed by atoms with Gasteiger partial charge in [-0.15, -0.1) is 0 Å². The number of hydrogen-bond acceptors (Lipinski definition) is 3. The van der Waals surface area contributed by atoms with Gasteiger partial charge in [-0.05, 0) is 38.8 Å². The lowest BCUT2D eigenvalue weighted by Crippen LogP contribution is -2.41. The summed E-state index contributed by atoms with van der Waals surface area (Å²) >= 11 is 0. The Morgan fingerprint density at radius 2 is 2.21 bits per heavy atom. The zero-order valence-electron chi connectivity index (χ0n) is 11.8. The monoisotopic (exact) mass is 262 g/mol. The summed E-state index contributed by atoms with van der Waals surface area (Å²) < 4.78 is 5.50. The summed E-state index contributed by atoms with van der Waals surface area (Å²) in [6.45, 7) is 4.76. The first kappa shape index (κ1) is 13.9. The van der Waals surface area contributed by atoms with Crippen molar-refractivity contribution in [3.8, 4) is 0 Å². The van der Waals surface area contributed by atoms with Crippen LogP contribution in [0.3, 0.4) is 0 Å². The Morgan fingerprint density at radius 1 is 1.42 bits per heavy atom. The molecule has 1 amide bonds. The molecule has 1 saturated heterocycles. The second-order valence-electron chi connectivity index (χ2n) is 5.18. The van der Waals surface area contributed by atoms with Crippen LogP contribution in [0.5, 0.6) is 0 Å². The minimum Gasteiger partial charge on any atom is -0.387 e. The topological polar surface area (TPSA) is 50.4 Å². The van der Waals surface area contributed by atoms with Crippen LogP contribution in [0.25, 0.3) is 0 Å². The molecule has 2 rings (SSSR count). The minimum absolute atomic E-state index is 0.00727. The highest BCUT2D eigenvalue weighted by atomic mass is 16.5. The first-order valence-corrected chi connectivity index (χ1v) is 6.81. The first-order valence-electron chi connectivity index (χ1n) is 6.81. The number of ether oxygens (including phenoxy) is 1. The van der Waals surface area contributed by atoms with Crippen LogP contribution in [0.15, 0.2) is 18.2 Å². The molecule has 2 atom stereocenters. The van der Waals surface area contributed by atoms with Gasteiger partial charge in [0.25, 0.3) is 5.91 Å². The van der Waals surface area contributed by atoms with Gasteiger partial charge in [0.05, 0.1) is 11.7 Å². The van der Waals surface area contributed by atoms with E-state index in [-0.39, 0.29) is 18.1 Å². The van der Waals surface area contributed by atoms with Crippen molar-refractivity contribution in [1.29, 1.82) is 0 Å². The predicted molar refractivity (Wildman–Crippen MR) is 76.6 cm³/mol. The van der Waals surface area contributed by atoms with Crippen LogP contribution in [-0.2, 0) is 4.74 Å². The molecular weight excluding hydrogens is 240 g/mol. The molecule has 0 aromatic heterocycles. The van der Waals surface area contributed by atoms with E-state index in [2.05, 4.69) is 10.6 Å². The van der Waals surface area contributed by atoms with Crippen LogP contribution in [0.1, 0.15) is 35.7 Å². The molecule has 104 valence electrons. The van der Waals surface area contributed by atoms with E-state index in [9.17, 15) is 4.79 Å². The summed E-state index contributed by atoms with van der Waals surface area (Å²) in [6.07, 6.45) is 1.99. The number of aryl methyl sites for hydroxylation is 1. The molecule has 4 heteroatoms. The standard InChI is InChI=1S/C15H22N2O2/c1-10-4-5-14(16-3)13(8-10)15(18)17-12-6-7-19-11(2)9-12/h4-5,8,11-12,16H,6-7,9H2,1-3H3,(H,17,18). The molecule has 1 fully saturated rings. The van der Waals surface area contributed by atoms with E-state index >= 15 is 0 Å². The summed E-state index contributed by atoms with van der Waals surface area (Å²) in [7, 11) is 1.83. The van der Waals surface area contributed by atoms with Gasteiger partial charge in [-0.2, -0.15) is 0 Å². The second-order valence-corrected chi connectivity index (χ2v) is 5.18. The molecule has 1 aromatic carbocycles. The Bertz CT molecular complexity index is 459. The molecule has 1 aliphatic heterocycles. The van der Waals surface area contributed by atoms with E-state index in [4.69, 9.17) is 4.74 Å². The largest absolute Gasteiger partial charge is 0.387 e. The average molecular weight is 262 g/mol. The smallest absolute Gasteiger partial charge is 0.253 e. The van der Waals surface area contributed by atoms with Crippen molar-refractivity contribution in [2.75, 3.05) is 19.0 Å². The van der Waals surface area contributed by atoms with Crippen LogP contribution < -0.4 is 10.6 Å². The third-order valence-electron chi connectivity index (χ3n) is 3.51. The van der Waals surface area contributed by atoms with Crippen LogP contribution in [-0.4, -0.2) is 31.7 Å². The molecule has 2 unspecified atom stereocenters. The van der Waals surface area contributed by atoms with Crippen molar-refractivity contribution in [3.05, 3.63) is 29.3 Å². The van der Waals surface area contributed by atoms with E-state index in [0.29, 0.717) is 5.56 Å². The van der Waals surface area contributed by atoms with Gasteiger partial charge in [-0.1, -0.05) is 11.6 Å². The lowest BCUT2D eigenvalue weighted by Gasteiger charge is -2.28. The molecule has 4 nitrogen and oxygen atoms in total. The summed E-state index contributed by atoms with van der Waals surface area (Å²) in [5, 5.41) is 6.17. The van der Waals surface area contributed by atoms with Gasteiger partial charge in [0.1, 0.15) is 0 Å². The average Bonchev–Trinajstić information content (AvgIpc) is 2.38. The Morgan fingerprint density at radius 3 is 2.89 bits per heavy atom. The summed E-state index contributed by atoms with van der Waals surface area (Å²) in [5.41, 5.74) is 2.66. The number of benzene rings is 1. The predicted octanol–water partition coefficient (Wildman–Crippen LogP) is 2.33. The van der Waals surface area contributed by atoms with Crippen LogP contribution in [0, 0.1) is 6.92 Å². The van der Waals surface area contributed by atoms with Gasteiger partial charge in [0, 0.05) is 25.4 Å². The molecule has 0 bridgehead atoms. The number of amides is 1. The maximum atomic E-state index is 12.4. The van der Waals surface area contributed by atoms with E-state index in [0.717, 1.165) is 30.7 Å². The summed E-state index contributed by atoms with van der Waals surface area (Å²) in [5.74, 6) is -0.00727. The van der Waals surface area contributed by atoms with Crippen molar-refractivity contribution in [2.24, 2.45) is 0 Å². The number of anilines is 1. The Labute approximate surface area is 114 Å². The van der Waals surface area contributed by atoms with E-state index in [1.807, 2.05) is 39.1 Å². The Hall–Kier alpha value is -1.55. The highest BCUT2D eigenvalue weighted by molar-refractivity contribution is 6.00. The van der Waals surface area contributed by atoms with Crippen molar-refractivity contribution >= 4 is 11.6 Å². The number of hydrogen-bond donors (Lipinski definition) is 2. The molecule has 0 saturated carbocycles. The number of carbonyl (C=O) groups excluding carboxylic acids is 1. The van der Waals surface area contributed by atoms with E-state index < -0.39 is 0 Å². The molecule has 0 radical (unpaired) electrons. The maximum Gasteiger partial charge on any atom is 0.253 e. The fourth-order valence-corrected chi connectivity index (χ4v) is 2.46. The summed E-state index contributed by atoms with van der Waals surface area (Å²) in [4.78, 5) is 12.4. The van der Waals surface area contributed by atoms with Crippen molar-refractivity contribution in [1.82, 2.24) is 5.32 Å². The van der Waals surface area contributed by atoms with Gasteiger partial charge < -0.3 is 15.4 Å². The van der Waals surface area contributed by atoms with Gasteiger partial charge in [-0.25, -0.2) is 0 Å². The Kier molecular flexibility index (Phi) is 4.43. The zero-order valence-corrected chi connectivity index (χ0v) is 11.8. The number of carbonyl (C=O) groups is 1. The van der Waals surface area contributed by atoms with Gasteiger partial charge in [0.2, 0.25) is 0 Å². The van der Waals surface area contributed by atoms with Crippen LogP contribution in [0.4, 0.5) is 5.69 Å². The fraction of sp³-hybridized carbons (Fsp3) is 0.533. The van der Waals surface area contributed by atoms with E-state index in [1.165, 1.54) is 0 Å². The molecule has 1 heterocycles. The highest BCUT2D eigenvalue weighted by Crippen LogP contribution is 2.19. The Balaban J connectivity index is 2.09. The first-order chi connectivity index (χ1) is 9.10. The van der Waals surface area contributed by atoms with Crippen molar-refractivity contribution in [3.63, 3.8) is 0 Å². The zero-order chi connectivity index (χ0) is 13.8. The van der Waals surface area contributed by atoms with Gasteiger partial charge in [0.15, 0.2) is 0 Å².